The van der Waals surface area contributed by atoms with Gasteiger partial charge in [-0.3, -0.25) is 9.48 Å². The first-order chi connectivity index (χ1) is 11.0. The Kier molecular flexibility index (Phi) is 4.36. The number of carbonyl (C=O) groups excluding carboxylic acids is 1. The molecule has 3 rings (SSSR count). The fourth-order valence-corrected chi connectivity index (χ4v) is 2.33. The lowest BCUT2D eigenvalue weighted by Crippen LogP contribution is -2.28. The molecule has 4 nitrogen and oxygen atoms in total. The van der Waals surface area contributed by atoms with Crippen molar-refractivity contribution in [2.45, 2.75) is 38.3 Å². The van der Waals surface area contributed by atoms with E-state index in [4.69, 9.17) is 0 Å². The Morgan fingerprint density at radius 2 is 2.00 bits per heavy atom. The molecule has 122 valence electrons. The van der Waals surface area contributed by atoms with E-state index in [0.29, 0.717) is 5.69 Å². The van der Waals surface area contributed by atoms with Gasteiger partial charge in [-0.05, 0) is 36.6 Å². The third-order valence-electron chi connectivity index (χ3n) is 3.75. The van der Waals surface area contributed by atoms with E-state index in [0.717, 1.165) is 23.1 Å². The highest BCUT2D eigenvalue weighted by molar-refractivity contribution is 5.75. The molecule has 0 bridgehead atoms. The zero-order valence-electron chi connectivity index (χ0n) is 12.3. The Labute approximate surface area is 131 Å². The first kappa shape index (κ1) is 15.6. The van der Waals surface area contributed by atoms with Gasteiger partial charge in [0.25, 0.3) is 6.43 Å². The van der Waals surface area contributed by atoms with E-state index in [9.17, 15) is 18.0 Å². The quantitative estimate of drug-likeness (QED) is 0.888. The molecule has 1 aliphatic rings. The number of nitrogens with zero attached hydrogens (tertiary/aromatic N) is 2. The zero-order chi connectivity index (χ0) is 16.4. The lowest BCUT2D eigenvalue weighted by Gasteiger charge is -2.08. The number of amides is 1. The summed E-state index contributed by atoms with van der Waals surface area (Å²) in [6, 6.07) is 7.09. The van der Waals surface area contributed by atoms with Crippen LogP contribution in [0.1, 0.15) is 42.1 Å². The van der Waals surface area contributed by atoms with Crippen LogP contribution in [0, 0.1) is 5.82 Å². The maximum absolute atomic E-state index is 13.0. The average molecular weight is 323 g/mol. The molecule has 1 amide bonds. The molecule has 0 aliphatic heterocycles. The number of aromatic nitrogens is 2. The standard InChI is InChI=1S/C16H16F3N3O/c17-12-5-1-10(2-6-12)8-20-15(23)9-22-14(16(18)19)7-13(21-22)11-3-4-11/h1-2,5-7,11,16H,3-4,8-9H2,(H,20,23). The molecule has 1 N–H and O–H groups in total. The van der Waals surface area contributed by atoms with E-state index in [1.807, 2.05) is 0 Å². The lowest BCUT2D eigenvalue weighted by molar-refractivity contribution is -0.122. The first-order valence-electron chi connectivity index (χ1n) is 7.40. The summed E-state index contributed by atoms with van der Waals surface area (Å²) in [4.78, 5) is 11.9. The third-order valence-corrected chi connectivity index (χ3v) is 3.75. The summed E-state index contributed by atoms with van der Waals surface area (Å²) in [6.45, 7) is -0.0482. The summed E-state index contributed by atoms with van der Waals surface area (Å²) in [5, 5.41) is 6.75. The van der Waals surface area contributed by atoms with Gasteiger partial charge in [0.1, 0.15) is 18.1 Å². The number of rotatable bonds is 6. The van der Waals surface area contributed by atoms with Crippen LogP contribution < -0.4 is 5.32 Å². The van der Waals surface area contributed by atoms with Gasteiger partial charge in [-0.25, -0.2) is 13.2 Å². The van der Waals surface area contributed by atoms with E-state index in [1.54, 1.807) is 12.1 Å². The summed E-state index contributed by atoms with van der Waals surface area (Å²) in [7, 11) is 0. The van der Waals surface area contributed by atoms with Crippen LogP contribution in [0.5, 0.6) is 0 Å². The second kappa shape index (κ2) is 6.44. The van der Waals surface area contributed by atoms with Crippen molar-refractivity contribution in [1.29, 1.82) is 0 Å². The van der Waals surface area contributed by atoms with Gasteiger partial charge in [-0.2, -0.15) is 5.10 Å². The summed E-state index contributed by atoms with van der Waals surface area (Å²) in [5.74, 6) is -0.525. The Morgan fingerprint density at radius 1 is 1.30 bits per heavy atom. The molecular formula is C16H16F3N3O. The molecule has 1 aliphatic carbocycles. The van der Waals surface area contributed by atoms with Crippen molar-refractivity contribution in [2.24, 2.45) is 0 Å². The van der Waals surface area contributed by atoms with E-state index >= 15 is 0 Å². The van der Waals surface area contributed by atoms with Crippen LogP contribution in [0.2, 0.25) is 0 Å². The largest absolute Gasteiger partial charge is 0.350 e. The van der Waals surface area contributed by atoms with Crippen molar-refractivity contribution in [3.05, 3.63) is 53.1 Å². The molecule has 1 aromatic carbocycles. The van der Waals surface area contributed by atoms with Gasteiger partial charge >= 0.3 is 0 Å². The lowest BCUT2D eigenvalue weighted by atomic mass is 10.2. The predicted octanol–water partition coefficient (Wildman–Crippen LogP) is 3.15. The minimum Gasteiger partial charge on any atom is -0.350 e. The van der Waals surface area contributed by atoms with Crippen molar-refractivity contribution >= 4 is 5.91 Å². The fourth-order valence-electron chi connectivity index (χ4n) is 2.33. The second-order valence-corrected chi connectivity index (χ2v) is 5.63. The topological polar surface area (TPSA) is 46.9 Å². The molecule has 23 heavy (non-hydrogen) atoms. The van der Waals surface area contributed by atoms with E-state index in [-0.39, 0.29) is 30.5 Å². The molecule has 1 fully saturated rings. The monoisotopic (exact) mass is 323 g/mol. The van der Waals surface area contributed by atoms with Crippen LogP contribution in [0.25, 0.3) is 0 Å². The average Bonchev–Trinajstić information content (AvgIpc) is 3.28. The van der Waals surface area contributed by atoms with Crippen molar-refractivity contribution in [1.82, 2.24) is 15.1 Å². The SMILES string of the molecule is O=C(Cn1nc(C2CC2)cc1C(F)F)NCc1ccc(F)cc1. The van der Waals surface area contributed by atoms with E-state index in [2.05, 4.69) is 10.4 Å². The van der Waals surface area contributed by atoms with Crippen LogP contribution >= 0.6 is 0 Å². The van der Waals surface area contributed by atoms with Gasteiger partial charge in [0.2, 0.25) is 5.91 Å². The van der Waals surface area contributed by atoms with Crippen LogP contribution in [0.15, 0.2) is 30.3 Å². The van der Waals surface area contributed by atoms with Crippen molar-refractivity contribution in [3.63, 3.8) is 0 Å². The molecule has 0 saturated heterocycles. The summed E-state index contributed by atoms with van der Waals surface area (Å²) >= 11 is 0. The maximum atomic E-state index is 13.0. The molecular weight excluding hydrogens is 307 g/mol. The van der Waals surface area contributed by atoms with E-state index in [1.165, 1.54) is 18.2 Å². The Balaban J connectivity index is 1.61. The number of carbonyl (C=O) groups is 1. The van der Waals surface area contributed by atoms with Crippen LogP contribution in [0.4, 0.5) is 13.2 Å². The normalized spacial score (nSPS) is 14.3. The molecule has 0 unspecified atom stereocenters. The van der Waals surface area contributed by atoms with Gasteiger partial charge in [0.05, 0.1) is 5.69 Å². The number of halogens is 3. The van der Waals surface area contributed by atoms with Crippen molar-refractivity contribution in [3.8, 4) is 0 Å². The van der Waals surface area contributed by atoms with Crippen LogP contribution in [-0.2, 0) is 17.9 Å². The summed E-state index contributed by atoms with van der Waals surface area (Å²) in [6.07, 6.45) is -0.757. The smallest absolute Gasteiger partial charge is 0.280 e. The highest BCUT2D eigenvalue weighted by Crippen LogP contribution is 2.40. The summed E-state index contributed by atoms with van der Waals surface area (Å²) in [5.41, 5.74) is 1.13. The molecule has 1 aromatic heterocycles. The Hall–Kier alpha value is -2.31. The molecule has 1 saturated carbocycles. The van der Waals surface area contributed by atoms with Crippen molar-refractivity contribution in [2.75, 3.05) is 0 Å². The Morgan fingerprint density at radius 3 is 2.61 bits per heavy atom. The first-order valence-corrected chi connectivity index (χ1v) is 7.40. The van der Waals surface area contributed by atoms with Crippen LogP contribution in [-0.4, -0.2) is 15.7 Å². The molecule has 0 atom stereocenters. The minimum absolute atomic E-state index is 0.208. The molecule has 1 heterocycles. The minimum atomic E-state index is -2.67. The van der Waals surface area contributed by atoms with E-state index < -0.39 is 12.3 Å². The summed E-state index contributed by atoms with van der Waals surface area (Å²) < 4.78 is 39.9. The molecule has 7 heteroatoms. The predicted molar refractivity (Wildman–Crippen MR) is 77.4 cm³/mol. The molecule has 2 aromatic rings. The number of nitrogens with one attached hydrogen (secondary N) is 1. The number of benzene rings is 1. The number of hydrogen-bond donors (Lipinski definition) is 1. The fraction of sp³-hybridized carbons (Fsp3) is 0.375. The highest BCUT2D eigenvalue weighted by atomic mass is 19.3. The Bertz CT molecular complexity index is 693. The highest BCUT2D eigenvalue weighted by Gasteiger charge is 2.29. The number of alkyl halides is 2. The second-order valence-electron chi connectivity index (χ2n) is 5.63. The molecule has 0 spiro atoms. The third kappa shape index (κ3) is 3.91. The van der Waals surface area contributed by atoms with Gasteiger partial charge in [-0.1, -0.05) is 12.1 Å². The zero-order valence-corrected chi connectivity index (χ0v) is 12.3. The molecule has 0 radical (unpaired) electrons. The maximum Gasteiger partial charge on any atom is 0.280 e. The van der Waals surface area contributed by atoms with Crippen molar-refractivity contribution < 1.29 is 18.0 Å². The van der Waals surface area contributed by atoms with Gasteiger partial charge in [0, 0.05) is 12.5 Å². The van der Waals surface area contributed by atoms with Gasteiger partial charge < -0.3 is 5.32 Å². The number of hydrogen-bond acceptors (Lipinski definition) is 2. The van der Waals surface area contributed by atoms with Crippen LogP contribution in [0.3, 0.4) is 0 Å². The van der Waals surface area contributed by atoms with Gasteiger partial charge in [-0.15, -0.1) is 0 Å². The van der Waals surface area contributed by atoms with Gasteiger partial charge in [0.15, 0.2) is 0 Å².